The van der Waals surface area contributed by atoms with Crippen LogP contribution in [0.4, 0.5) is 0 Å². The van der Waals surface area contributed by atoms with Crippen molar-refractivity contribution >= 4 is 5.78 Å². The third-order valence-electron chi connectivity index (χ3n) is 2.00. The van der Waals surface area contributed by atoms with Crippen molar-refractivity contribution in [1.29, 1.82) is 0 Å². The molecular weight excluding hydrogens is 172 g/mol. The molecule has 0 rings (SSSR count). The smallest absolute Gasteiger partial charge is 0.152 e. The SMILES string of the molecule is CC(=O)C=CC(=CCC(C)C)C(C)C. The fraction of sp³-hybridized carbons (Fsp3) is 0.615. The maximum Gasteiger partial charge on any atom is 0.152 e. The van der Waals surface area contributed by atoms with Crippen LogP contribution in [0.5, 0.6) is 0 Å². The molecule has 0 aliphatic heterocycles. The fourth-order valence-electron chi connectivity index (χ4n) is 1.08. The first-order chi connectivity index (χ1) is 6.43. The van der Waals surface area contributed by atoms with Crippen molar-refractivity contribution in [3.05, 3.63) is 23.8 Å². The van der Waals surface area contributed by atoms with Gasteiger partial charge < -0.3 is 0 Å². The maximum absolute atomic E-state index is 10.8. The first kappa shape index (κ1) is 13.2. The van der Waals surface area contributed by atoms with E-state index >= 15 is 0 Å². The minimum atomic E-state index is 0.112. The highest BCUT2D eigenvalue weighted by Crippen LogP contribution is 2.14. The Morgan fingerprint density at radius 2 is 1.71 bits per heavy atom. The zero-order valence-electron chi connectivity index (χ0n) is 10.0. The van der Waals surface area contributed by atoms with E-state index in [9.17, 15) is 4.79 Å². The van der Waals surface area contributed by atoms with Gasteiger partial charge in [0.2, 0.25) is 0 Å². The summed E-state index contributed by atoms with van der Waals surface area (Å²) in [6.07, 6.45) is 6.89. The van der Waals surface area contributed by atoms with Gasteiger partial charge in [0.15, 0.2) is 5.78 Å². The van der Waals surface area contributed by atoms with Crippen LogP contribution in [0.1, 0.15) is 41.0 Å². The number of carbonyl (C=O) groups excluding carboxylic acids is 1. The Kier molecular flexibility index (Phi) is 6.18. The molecule has 14 heavy (non-hydrogen) atoms. The summed E-state index contributed by atoms with van der Waals surface area (Å²) in [6, 6.07) is 0. The molecule has 0 saturated heterocycles. The van der Waals surface area contributed by atoms with E-state index in [1.807, 2.05) is 6.08 Å². The molecule has 0 aromatic heterocycles. The Morgan fingerprint density at radius 3 is 2.07 bits per heavy atom. The minimum Gasteiger partial charge on any atom is -0.295 e. The number of carbonyl (C=O) groups is 1. The van der Waals surface area contributed by atoms with Crippen LogP contribution in [-0.2, 0) is 4.79 Å². The van der Waals surface area contributed by atoms with Gasteiger partial charge in [0.25, 0.3) is 0 Å². The maximum atomic E-state index is 10.8. The normalized spacial score (nSPS) is 13.2. The quantitative estimate of drug-likeness (QED) is 0.481. The van der Waals surface area contributed by atoms with Crippen LogP contribution < -0.4 is 0 Å². The number of rotatable bonds is 5. The van der Waals surface area contributed by atoms with E-state index < -0.39 is 0 Å². The van der Waals surface area contributed by atoms with E-state index in [1.54, 1.807) is 13.0 Å². The fourth-order valence-corrected chi connectivity index (χ4v) is 1.08. The number of allylic oxidation sites excluding steroid dienone is 4. The van der Waals surface area contributed by atoms with Gasteiger partial charge in [0, 0.05) is 0 Å². The van der Waals surface area contributed by atoms with Crippen LogP contribution in [0.15, 0.2) is 23.8 Å². The van der Waals surface area contributed by atoms with Gasteiger partial charge in [-0.2, -0.15) is 0 Å². The summed E-state index contributed by atoms with van der Waals surface area (Å²) in [7, 11) is 0. The third kappa shape index (κ3) is 6.64. The van der Waals surface area contributed by atoms with Gasteiger partial charge in [-0.25, -0.2) is 0 Å². The van der Waals surface area contributed by atoms with E-state index in [0.717, 1.165) is 6.42 Å². The van der Waals surface area contributed by atoms with Crippen molar-refractivity contribution in [3.63, 3.8) is 0 Å². The molecule has 0 heterocycles. The van der Waals surface area contributed by atoms with E-state index in [1.165, 1.54) is 5.57 Å². The number of hydrogen-bond acceptors (Lipinski definition) is 1. The lowest BCUT2D eigenvalue weighted by Gasteiger charge is -2.07. The van der Waals surface area contributed by atoms with E-state index in [-0.39, 0.29) is 5.78 Å². The van der Waals surface area contributed by atoms with Crippen molar-refractivity contribution < 1.29 is 4.79 Å². The van der Waals surface area contributed by atoms with Crippen LogP contribution in [0.25, 0.3) is 0 Å². The lowest BCUT2D eigenvalue weighted by atomic mass is 9.99. The summed E-state index contributed by atoms with van der Waals surface area (Å²) >= 11 is 0. The molecule has 0 radical (unpaired) electrons. The highest BCUT2D eigenvalue weighted by Gasteiger charge is 2.00. The Morgan fingerprint density at radius 1 is 1.14 bits per heavy atom. The molecule has 0 bridgehead atoms. The molecule has 0 saturated carbocycles. The molecule has 0 atom stereocenters. The van der Waals surface area contributed by atoms with Crippen molar-refractivity contribution in [2.75, 3.05) is 0 Å². The molecule has 0 aliphatic carbocycles. The predicted molar refractivity (Wildman–Crippen MR) is 62.2 cm³/mol. The average molecular weight is 194 g/mol. The molecule has 0 aliphatic rings. The second-order valence-corrected chi connectivity index (χ2v) is 4.43. The van der Waals surface area contributed by atoms with E-state index in [4.69, 9.17) is 0 Å². The molecular formula is C13H22O. The van der Waals surface area contributed by atoms with Crippen LogP contribution in [-0.4, -0.2) is 5.78 Å². The summed E-state index contributed by atoms with van der Waals surface area (Å²) in [5.41, 5.74) is 1.26. The number of ketones is 1. The minimum absolute atomic E-state index is 0.112. The number of hydrogen-bond donors (Lipinski definition) is 0. The van der Waals surface area contributed by atoms with Gasteiger partial charge in [-0.3, -0.25) is 4.79 Å². The van der Waals surface area contributed by atoms with Crippen molar-refractivity contribution in [3.8, 4) is 0 Å². The molecule has 0 spiro atoms. The van der Waals surface area contributed by atoms with Gasteiger partial charge in [0.05, 0.1) is 0 Å². The summed E-state index contributed by atoms with van der Waals surface area (Å²) < 4.78 is 0. The molecule has 0 aromatic carbocycles. The zero-order valence-corrected chi connectivity index (χ0v) is 10.0. The molecule has 0 aromatic rings. The summed E-state index contributed by atoms with van der Waals surface area (Å²) in [6.45, 7) is 10.3. The van der Waals surface area contributed by atoms with Crippen LogP contribution in [0, 0.1) is 11.8 Å². The topological polar surface area (TPSA) is 17.1 Å². The van der Waals surface area contributed by atoms with Gasteiger partial charge >= 0.3 is 0 Å². The molecule has 0 unspecified atom stereocenters. The lowest BCUT2D eigenvalue weighted by Crippen LogP contribution is -1.94. The Labute approximate surface area is 87.9 Å². The summed E-state index contributed by atoms with van der Waals surface area (Å²) in [4.78, 5) is 10.8. The highest BCUT2D eigenvalue weighted by atomic mass is 16.1. The standard InChI is InChI=1S/C13H22O/c1-10(2)6-8-13(11(3)4)9-7-12(5)14/h7-11H,6H2,1-5H3. The Bertz CT molecular complexity index is 232. The predicted octanol–water partition coefficient (Wildman–Crippen LogP) is 3.76. The zero-order chi connectivity index (χ0) is 11.1. The molecule has 1 heteroatoms. The van der Waals surface area contributed by atoms with Crippen LogP contribution in [0.3, 0.4) is 0 Å². The average Bonchev–Trinajstić information content (AvgIpc) is 2.02. The lowest BCUT2D eigenvalue weighted by molar-refractivity contribution is -0.112. The Balaban J connectivity index is 4.44. The van der Waals surface area contributed by atoms with Crippen molar-refractivity contribution in [2.45, 2.75) is 41.0 Å². The van der Waals surface area contributed by atoms with Crippen LogP contribution in [0.2, 0.25) is 0 Å². The third-order valence-corrected chi connectivity index (χ3v) is 2.00. The Hall–Kier alpha value is -0.850. The molecule has 1 nitrogen and oxygen atoms in total. The summed E-state index contributed by atoms with van der Waals surface area (Å²) in [5, 5.41) is 0. The first-order valence-corrected chi connectivity index (χ1v) is 5.32. The van der Waals surface area contributed by atoms with E-state index in [2.05, 4.69) is 33.8 Å². The van der Waals surface area contributed by atoms with Gasteiger partial charge in [-0.05, 0) is 36.8 Å². The molecule has 80 valence electrons. The van der Waals surface area contributed by atoms with Crippen LogP contribution >= 0.6 is 0 Å². The van der Waals surface area contributed by atoms with Crippen molar-refractivity contribution in [1.82, 2.24) is 0 Å². The van der Waals surface area contributed by atoms with Crippen molar-refractivity contribution in [2.24, 2.45) is 11.8 Å². The van der Waals surface area contributed by atoms with Gasteiger partial charge in [0.1, 0.15) is 0 Å². The molecule has 0 amide bonds. The molecule has 0 fully saturated rings. The highest BCUT2D eigenvalue weighted by molar-refractivity contribution is 5.87. The summed E-state index contributed by atoms with van der Waals surface area (Å²) in [5.74, 6) is 1.28. The van der Waals surface area contributed by atoms with E-state index in [0.29, 0.717) is 11.8 Å². The monoisotopic (exact) mass is 194 g/mol. The van der Waals surface area contributed by atoms with Gasteiger partial charge in [-0.1, -0.05) is 39.8 Å². The first-order valence-electron chi connectivity index (χ1n) is 5.32. The van der Waals surface area contributed by atoms with Gasteiger partial charge in [-0.15, -0.1) is 0 Å². The largest absolute Gasteiger partial charge is 0.295 e. The second-order valence-electron chi connectivity index (χ2n) is 4.43. The molecule has 0 N–H and O–H groups in total. The second kappa shape index (κ2) is 6.58.